The molecule has 2 N–H and O–H groups in total. The lowest BCUT2D eigenvalue weighted by atomic mass is 9.95. The summed E-state index contributed by atoms with van der Waals surface area (Å²) in [6, 6.07) is 8.43. The Morgan fingerprint density at radius 1 is 1.33 bits per heavy atom. The summed E-state index contributed by atoms with van der Waals surface area (Å²) in [5.41, 5.74) is 1.21. The second-order valence-electron chi connectivity index (χ2n) is 5.09. The first-order valence-corrected chi connectivity index (χ1v) is 6.82. The van der Waals surface area contributed by atoms with Gasteiger partial charge in [0.25, 0.3) is 0 Å². The minimum atomic E-state index is -0.316. The number of nitrogens with one attached hydrogen (secondary N) is 1. The molecule has 1 fully saturated rings. The summed E-state index contributed by atoms with van der Waals surface area (Å²) in [6.07, 6.45) is 3.71. The van der Waals surface area contributed by atoms with Crippen LogP contribution >= 0.6 is 0 Å². The fourth-order valence-corrected chi connectivity index (χ4v) is 2.41. The van der Waals surface area contributed by atoms with Gasteiger partial charge in [0.1, 0.15) is 11.9 Å². The Morgan fingerprint density at radius 3 is 2.83 bits per heavy atom. The third-order valence-electron chi connectivity index (χ3n) is 3.75. The van der Waals surface area contributed by atoms with Gasteiger partial charge in [-0.1, -0.05) is 18.6 Å². The summed E-state index contributed by atoms with van der Waals surface area (Å²) >= 11 is 0. The van der Waals surface area contributed by atoms with Crippen molar-refractivity contribution in [3.63, 3.8) is 0 Å². The smallest absolute Gasteiger partial charge is 0.124 e. The SMILES string of the molecule is CNC(C)c1cccc(OC2CCCCC2O)c1. The third kappa shape index (κ3) is 3.24. The molecule has 1 aromatic carbocycles. The van der Waals surface area contributed by atoms with E-state index in [1.807, 2.05) is 19.2 Å². The topological polar surface area (TPSA) is 41.5 Å². The Balaban J connectivity index is 2.04. The van der Waals surface area contributed by atoms with Crippen LogP contribution in [0.1, 0.15) is 44.2 Å². The van der Waals surface area contributed by atoms with E-state index in [9.17, 15) is 5.11 Å². The van der Waals surface area contributed by atoms with Crippen LogP contribution < -0.4 is 10.1 Å². The molecule has 1 aliphatic rings. The van der Waals surface area contributed by atoms with E-state index in [2.05, 4.69) is 24.4 Å². The minimum absolute atomic E-state index is 0.0427. The highest BCUT2D eigenvalue weighted by Gasteiger charge is 2.24. The number of aliphatic hydroxyl groups excluding tert-OH is 1. The van der Waals surface area contributed by atoms with E-state index >= 15 is 0 Å². The maximum Gasteiger partial charge on any atom is 0.124 e. The highest BCUT2D eigenvalue weighted by atomic mass is 16.5. The molecular formula is C15H23NO2. The van der Waals surface area contributed by atoms with E-state index in [4.69, 9.17) is 4.74 Å². The maximum atomic E-state index is 9.92. The highest BCUT2D eigenvalue weighted by molar-refractivity contribution is 5.30. The van der Waals surface area contributed by atoms with Crippen molar-refractivity contribution in [3.8, 4) is 5.75 Å². The van der Waals surface area contributed by atoms with E-state index < -0.39 is 0 Å². The number of ether oxygens (including phenoxy) is 1. The van der Waals surface area contributed by atoms with E-state index in [1.54, 1.807) is 0 Å². The van der Waals surface area contributed by atoms with E-state index in [-0.39, 0.29) is 12.2 Å². The molecular weight excluding hydrogens is 226 g/mol. The van der Waals surface area contributed by atoms with E-state index in [0.717, 1.165) is 31.4 Å². The average Bonchev–Trinajstić information content (AvgIpc) is 2.41. The molecule has 100 valence electrons. The zero-order valence-electron chi connectivity index (χ0n) is 11.2. The van der Waals surface area contributed by atoms with Gasteiger partial charge in [-0.05, 0) is 50.9 Å². The van der Waals surface area contributed by atoms with Crippen molar-refractivity contribution in [2.75, 3.05) is 7.05 Å². The Hall–Kier alpha value is -1.06. The van der Waals surface area contributed by atoms with Gasteiger partial charge in [-0.2, -0.15) is 0 Å². The van der Waals surface area contributed by atoms with Crippen molar-refractivity contribution in [2.45, 2.75) is 50.9 Å². The van der Waals surface area contributed by atoms with Crippen LogP contribution in [0.4, 0.5) is 0 Å². The average molecular weight is 249 g/mol. The number of hydrogen-bond acceptors (Lipinski definition) is 3. The van der Waals surface area contributed by atoms with Crippen LogP contribution in [0.2, 0.25) is 0 Å². The summed E-state index contributed by atoms with van der Waals surface area (Å²) in [5.74, 6) is 0.862. The van der Waals surface area contributed by atoms with Crippen LogP contribution in [-0.4, -0.2) is 24.4 Å². The van der Waals surface area contributed by atoms with Crippen molar-refractivity contribution < 1.29 is 9.84 Å². The Bertz CT molecular complexity index is 381. The third-order valence-corrected chi connectivity index (χ3v) is 3.75. The molecule has 0 amide bonds. The van der Waals surface area contributed by atoms with Crippen molar-refractivity contribution in [1.29, 1.82) is 0 Å². The molecule has 0 heterocycles. The zero-order valence-corrected chi connectivity index (χ0v) is 11.2. The molecule has 0 aliphatic heterocycles. The zero-order chi connectivity index (χ0) is 13.0. The molecule has 3 atom stereocenters. The lowest BCUT2D eigenvalue weighted by Crippen LogP contribution is -2.34. The summed E-state index contributed by atoms with van der Waals surface area (Å²) in [7, 11) is 1.95. The van der Waals surface area contributed by atoms with Crippen LogP contribution in [0.5, 0.6) is 5.75 Å². The summed E-state index contributed by atoms with van der Waals surface area (Å²) in [6.45, 7) is 2.12. The molecule has 1 saturated carbocycles. The Labute approximate surface area is 109 Å². The molecule has 3 unspecified atom stereocenters. The van der Waals surface area contributed by atoms with Gasteiger partial charge >= 0.3 is 0 Å². The van der Waals surface area contributed by atoms with Gasteiger partial charge in [0, 0.05) is 6.04 Å². The van der Waals surface area contributed by atoms with Crippen LogP contribution in [0, 0.1) is 0 Å². The van der Waals surface area contributed by atoms with Crippen LogP contribution in [0.15, 0.2) is 24.3 Å². The molecule has 1 aliphatic carbocycles. The van der Waals surface area contributed by atoms with Crippen molar-refractivity contribution in [3.05, 3.63) is 29.8 Å². The quantitative estimate of drug-likeness (QED) is 0.862. The molecule has 0 aromatic heterocycles. The first-order chi connectivity index (χ1) is 8.70. The lowest BCUT2D eigenvalue weighted by molar-refractivity contribution is 0.00682. The first kappa shape index (κ1) is 13.4. The fraction of sp³-hybridized carbons (Fsp3) is 0.600. The fourth-order valence-electron chi connectivity index (χ4n) is 2.41. The molecule has 3 nitrogen and oxygen atoms in total. The van der Waals surface area contributed by atoms with Crippen LogP contribution in [0.3, 0.4) is 0 Å². The van der Waals surface area contributed by atoms with Gasteiger partial charge in [-0.3, -0.25) is 0 Å². The van der Waals surface area contributed by atoms with Gasteiger partial charge in [0.15, 0.2) is 0 Å². The van der Waals surface area contributed by atoms with Crippen molar-refractivity contribution in [2.24, 2.45) is 0 Å². The predicted molar refractivity (Wildman–Crippen MR) is 72.8 cm³/mol. The predicted octanol–water partition coefficient (Wildman–Crippen LogP) is 2.65. The summed E-state index contributed by atoms with van der Waals surface area (Å²) in [4.78, 5) is 0. The number of aliphatic hydroxyl groups is 1. The standard InChI is InChI=1S/C15H23NO2/c1-11(16-2)12-6-5-7-13(10-12)18-15-9-4-3-8-14(15)17/h5-7,10-11,14-17H,3-4,8-9H2,1-2H3. The Morgan fingerprint density at radius 2 is 2.11 bits per heavy atom. The van der Waals surface area contributed by atoms with E-state index in [0.29, 0.717) is 6.04 Å². The molecule has 0 bridgehead atoms. The number of benzene rings is 1. The Kier molecular flexibility index (Phi) is 4.61. The van der Waals surface area contributed by atoms with Crippen molar-refractivity contribution in [1.82, 2.24) is 5.32 Å². The van der Waals surface area contributed by atoms with Gasteiger partial charge in [0.2, 0.25) is 0 Å². The second kappa shape index (κ2) is 6.21. The molecule has 1 aromatic rings. The summed E-state index contributed by atoms with van der Waals surface area (Å²) in [5, 5.41) is 13.1. The van der Waals surface area contributed by atoms with Gasteiger partial charge in [-0.25, -0.2) is 0 Å². The molecule has 3 heteroatoms. The van der Waals surface area contributed by atoms with E-state index in [1.165, 1.54) is 5.56 Å². The van der Waals surface area contributed by atoms with Gasteiger partial charge in [-0.15, -0.1) is 0 Å². The maximum absolute atomic E-state index is 9.92. The lowest BCUT2D eigenvalue weighted by Gasteiger charge is -2.28. The minimum Gasteiger partial charge on any atom is -0.488 e. The van der Waals surface area contributed by atoms with Crippen LogP contribution in [0.25, 0.3) is 0 Å². The number of hydrogen-bond donors (Lipinski definition) is 2. The monoisotopic (exact) mass is 249 g/mol. The molecule has 2 rings (SSSR count). The summed E-state index contributed by atoms with van der Waals surface area (Å²) < 4.78 is 5.93. The van der Waals surface area contributed by atoms with Crippen LogP contribution in [-0.2, 0) is 0 Å². The molecule has 0 spiro atoms. The number of rotatable bonds is 4. The largest absolute Gasteiger partial charge is 0.488 e. The normalized spacial score (nSPS) is 25.7. The first-order valence-electron chi connectivity index (χ1n) is 6.82. The highest BCUT2D eigenvalue weighted by Crippen LogP contribution is 2.25. The second-order valence-corrected chi connectivity index (χ2v) is 5.09. The van der Waals surface area contributed by atoms with Crippen molar-refractivity contribution >= 4 is 0 Å². The van der Waals surface area contributed by atoms with Gasteiger partial charge in [0.05, 0.1) is 6.10 Å². The molecule has 0 radical (unpaired) electrons. The van der Waals surface area contributed by atoms with Gasteiger partial charge < -0.3 is 15.2 Å². The molecule has 0 saturated heterocycles. The molecule has 18 heavy (non-hydrogen) atoms.